The van der Waals surface area contributed by atoms with Crippen LogP contribution in [0, 0.1) is 6.92 Å². The van der Waals surface area contributed by atoms with E-state index in [0.29, 0.717) is 10.7 Å². The lowest BCUT2D eigenvalue weighted by molar-refractivity contribution is -0.144. The molecule has 1 unspecified atom stereocenters. The van der Waals surface area contributed by atoms with Crippen molar-refractivity contribution in [2.24, 2.45) is 0 Å². The first-order chi connectivity index (χ1) is 14.3. The molecule has 0 heterocycles. The Labute approximate surface area is 179 Å². The van der Waals surface area contributed by atoms with Crippen LogP contribution in [0.4, 0.5) is 10.5 Å². The van der Waals surface area contributed by atoms with E-state index in [2.05, 4.69) is 10.6 Å². The number of carbonyl (C=O) groups excluding carboxylic acids is 1. The summed E-state index contributed by atoms with van der Waals surface area (Å²) in [5.74, 6) is -1.05. The molecule has 0 radical (unpaired) electrons. The fourth-order valence-corrected chi connectivity index (χ4v) is 3.93. The van der Waals surface area contributed by atoms with Crippen LogP contribution in [0.5, 0.6) is 0 Å². The molecule has 0 bridgehead atoms. The number of aliphatic carboxylic acids is 1. The number of carbonyl (C=O) groups is 2. The van der Waals surface area contributed by atoms with E-state index in [4.69, 9.17) is 11.6 Å². The normalized spacial score (nSPS) is 17.3. The monoisotopic (exact) mass is 420 g/mol. The van der Waals surface area contributed by atoms with Crippen LogP contribution in [0.3, 0.4) is 0 Å². The van der Waals surface area contributed by atoms with Crippen molar-refractivity contribution in [3.8, 4) is 11.1 Å². The number of anilines is 1. The van der Waals surface area contributed by atoms with Gasteiger partial charge in [0.2, 0.25) is 0 Å². The molecule has 0 saturated heterocycles. The zero-order chi connectivity index (χ0) is 21.3. The van der Waals surface area contributed by atoms with Crippen molar-refractivity contribution in [2.45, 2.75) is 25.3 Å². The number of benzene rings is 3. The van der Waals surface area contributed by atoms with Crippen molar-refractivity contribution >= 4 is 29.3 Å². The van der Waals surface area contributed by atoms with Crippen molar-refractivity contribution in [3.05, 3.63) is 88.4 Å². The number of hydrogen-bond donors (Lipinski definition) is 3. The van der Waals surface area contributed by atoms with Gasteiger partial charge in [-0.3, -0.25) is 0 Å². The molecule has 0 aromatic heterocycles. The Morgan fingerprint density at radius 2 is 1.53 bits per heavy atom. The molecule has 2 amide bonds. The van der Waals surface area contributed by atoms with Crippen molar-refractivity contribution < 1.29 is 14.7 Å². The molecule has 5 nitrogen and oxygen atoms in total. The van der Waals surface area contributed by atoms with E-state index < -0.39 is 17.5 Å². The summed E-state index contributed by atoms with van der Waals surface area (Å²) in [6.45, 7) is 1.96. The first kappa shape index (κ1) is 20.0. The van der Waals surface area contributed by atoms with E-state index >= 15 is 0 Å². The number of carboxylic acids is 1. The summed E-state index contributed by atoms with van der Waals surface area (Å²) in [7, 11) is 0. The predicted octanol–water partition coefficient (Wildman–Crippen LogP) is 5.06. The fourth-order valence-electron chi connectivity index (χ4n) is 3.81. The third kappa shape index (κ3) is 4.02. The molecule has 0 aliphatic heterocycles. The summed E-state index contributed by atoms with van der Waals surface area (Å²) < 4.78 is 0. The summed E-state index contributed by atoms with van der Waals surface area (Å²) in [4.78, 5) is 24.7. The van der Waals surface area contributed by atoms with Gasteiger partial charge in [-0.25, -0.2) is 9.59 Å². The molecule has 0 spiro atoms. The molecule has 1 aliphatic rings. The van der Waals surface area contributed by atoms with E-state index in [-0.39, 0.29) is 12.8 Å². The summed E-state index contributed by atoms with van der Waals surface area (Å²) in [5.41, 5.74) is 4.13. The number of amides is 2. The van der Waals surface area contributed by atoms with Gasteiger partial charge in [0.25, 0.3) is 0 Å². The Morgan fingerprint density at radius 3 is 2.20 bits per heavy atom. The number of halogens is 1. The number of rotatable bonds is 4. The van der Waals surface area contributed by atoms with Crippen LogP contribution in [0.2, 0.25) is 5.02 Å². The zero-order valence-corrected chi connectivity index (χ0v) is 17.2. The third-order valence-corrected chi connectivity index (χ3v) is 5.69. The Hall–Kier alpha value is -3.31. The maximum absolute atomic E-state index is 12.5. The molecule has 6 heteroatoms. The third-order valence-electron chi connectivity index (χ3n) is 5.44. The second-order valence-corrected chi connectivity index (χ2v) is 8.11. The second kappa shape index (κ2) is 7.84. The summed E-state index contributed by atoms with van der Waals surface area (Å²) in [6, 6.07) is 20.2. The number of carboxylic acid groups (broad SMARTS) is 1. The van der Waals surface area contributed by atoms with Gasteiger partial charge in [-0.2, -0.15) is 0 Å². The highest BCUT2D eigenvalue weighted by Gasteiger charge is 2.45. The lowest BCUT2D eigenvalue weighted by Crippen LogP contribution is -2.56. The molecule has 1 atom stereocenters. The van der Waals surface area contributed by atoms with Crippen LogP contribution in [0.25, 0.3) is 11.1 Å². The average Bonchev–Trinajstić information content (AvgIpc) is 3.09. The van der Waals surface area contributed by atoms with Crippen LogP contribution in [-0.4, -0.2) is 22.6 Å². The largest absolute Gasteiger partial charge is 0.479 e. The highest BCUT2D eigenvalue weighted by molar-refractivity contribution is 6.30. The van der Waals surface area contributed by atoms with Gasteiger partial charge < -0.3 is 15.7 Å². The first-order valence-corrected chi connectivity index (χ1v) is 9.99. The van der Waals surface area contributed by atoms with Gasteiger partial charge in [-0.1, -0.05) is 59.6 Å². The Bertz CT molecular complexity index is 1110. The molecule has 0 saturated carbocycles. The number of fused-ring (bicyclic) bond motifs is 1. The molecule has 3 aromatic rings. The Balaban J connectivity index is 1.54. The predicted molar refractivity (Wildman–Crippen MR) is 118 cm³/mol. The minimum Gasteiger partial charge on any atom is -0.479 e. The SMILES string of the molecule is Cc1ccc(NC(=O)NC2(C(=O)O)Cc3ccc(-c4ccc(Cl)cc4)cc3C2)cc1. The van der Waals surface area contributed by atoms with Crippen molar-refractivity contribution in [3.63, 3.8) is 0 Å². The summed E-state index contributed by atoms with van der Waals surface area (Å²) in [5, 5.41) is 16.0. The van der Waals surface area contributed by atoms with E-state index in [9.17, 15) is 14.7 Å². The Morgan fingerprint density at radius 1 is 0.900 bits per heavy atom. The lowest BCUT2D eigenvalue weighted by atomic mass is 9.96. The highest BCUT2D eigenvalue weighted by Crippen LogP contribution is 2.34. The van der Waals surface area contributed by atoms with E-state index in [1.807, 2.05) is 61.5 Å². The van der Waals surface area contributed by atoms with E-state index in [0.717, 1.165) is 27.8 Å². The average molecular weight is 421 g/mol. The van der Waals surface area contributed by atoms with Gasteiger partial charge in [0.1, 0.15) is 5.54 Å². The first-order valence-electron chi connectivity index (χ1n) is 9.62. The minimum absolute atomic E-state index is 0.223. The van der Waals surface area contributed by atoms with Crippen LogP contribution >= 0.6 is 11.6 Å². The van der Waals surface area contributed by atoms with Gasteiger partial charge in [0.05, 0.1) is 0 Å². The smallest absolute Gasteiger partial charge is 0.330 e. The molecule has 0 fully saturated rings. The molecule has 3 N–H and O–H groups in total. The van der Waals surface area contributed by atoms with Crippen LogP contribution in [0.1, 0.15) is 16.7 Å². The van der Waals surface area contributed by atoms with Gasteiger partial charge in [-0.15, -0.1) is 0 Å². The van der Waals surface area contributed by atoms with E-state index in [1.165, 1.54) is 0 Å². The number of nitrogens with one attached hydrogen (secondary N) is 2. The summed E-state index contributed by atoms with van der Waals surface area (Å²) in [6.07, 6.45) is 0.459. The number of urea groups is 1. The topological polar surface area (TPSA) is 78.4 Å². The lowest BCUT2D eigenvalue weighted by Gasteiger charge is -2.25. The second-order valence-electron chi connectivity index (χ2n) is 7.68. The van der Waals surface area contributed by atoms with Gasteiger partial charge in [0, 0.05) is 23.6 Å². The number of aryl methyl sites for hydroxylation is 1. The van der Waals surface area contributed by atoms with Crippen LogP contribution < -0.4 is 10.6 Å². The van der Waals surface area contributed by atoms with Crippen molar-refractivity contribution in [1.82, 2.24) is 5.32 Å². The van der Waals surface area contributed by atoms with Crippen molar-refractivity contribution in [2.75, 3.05) is 5.32 Å². The standard InChI is InChI=1S/C24H21ClN2O3/c1-15-2-10-21(11-3-15)26-23(30)27-24(22(28)29)13-18-5-4-17(12-19(18)14-24)16-6-8-20(25)9-7-16/h2-12H,13-14H2,1H3,(H,28,29)(H2,26,27,30). The molecule has 1 aliphatic carbocycles. The van der Waals surface area contributed by atoms with Crippen LogP contribution in [0.15, 0.2) is 66.7 Å². The molecular weight excluding hydrogens is 400 g/mol. The molecule has 152 valence electrons. The van der Waals surface area contributed by atoms with Crippen molar-refractivity contribution in [1.29, 1.82) is 0 Å². The highest BCUT2D eigenvalue weighted by atomic mass is 35.5. The van der Waals surface area contributed by atoms with Crippen LogP contribution in [-0.2, 0) is 17.6 Å². The minimum atomic E-state index is -1.38. The quantitative estimate of drug-likeness (QED) is 0.552. The summed E-state index contributed by atoms with van der Waals surface area (Å²) >= 11 is 5.97. The molecular formula is C24H21ClN2O3. The zero-order valence-electron chi connectivity index (χ0n) is 16.4. The number of hydrogen-bond acceptors (Lipinski definition) is 2. The molecule has 4 rings (SSSR count). The fraction of sp³-hybridized carbons (Fsp3) is 0.167. The van der Waals surface area contributed by atoms with Gasteiger partial charge >= 0.3 is 12.0 Å². The van der Waals surface area contributed by atoms with Gasteiger partial charge in [-0.05, 0) is 53.4 Å². The molecule has 3 aromatic carbocycles. The maximum atomic E-state index is 12.5. The Kier molecular flexibility index (Phi) is 5.22. The molecule has 30 heavy (non-hydrogen) atoms. The van der Waals surface area contributed by atoms with Gasteiger partial charge in [0.15, 0.2) is 0 Å². The van der Waals surface area contributed by atoms with E-state index in [1.54, 1.807) is 12.1 Å². The maximum Gasteiger partial charge on any atom is 0.330 e.